The fourth-order valence-electron chi connectivity index (χ4n) is 4.07. The molecule has 0 radical (unpaired) electrons. The summed E-state index contributed by atoms with van der Waals surface area (Å²) < 4.78 is 3.17. The van der Waals surface area contributed by atoms with E-state index in [1.54, 1.807) is 11.9 Å². The van der Waals surface area contributed by atoms with Crippen molar-refractivity contribution in [2.24, 2.45) is 5.92 Å². The molecule has 3 nitrogen and oxygen atoms in total. The molecule has 2 aromatic rings. The van der Waals surface area contributed by atoms with Crippen LogP contribution in [0.2, 0.25) is 0 Å². The van der Waals surface area contributed by atoms with Crippen LogP contribution in [0.15, 0.2) is 57.9 Å². The van der Waals surface area contributed by atoms with Gasteiger partial charge >= 0.3 is 0 Å². The third-order valence-electron chi connectivity index (χ3n) is 5.31. The molecule has 0 fully saturated rings. The number of benzene rings is 2. The first kappa shape index (κ1) is 21.8. The number of fused-ring (bicyclic) bond motifs is 1. The number of hydrogen-bond donors (Lipinski definition) is 2. The summed E-state index contributed by atoms with van der Waals surface area (Å²) in [4.78, 5) is 1.16. The largest absolute Gasteiger partial charge is 0.390 e. The summed E-state index contributed by atoms with van der Waals surface area (Å²) in [6.07, 6.45) is 3.07. The van der Waals surface area contributed by atoms with Crippen LogP contribution in [0.5, 0.6) is 0 Å². The predicted molar refractivity (Wildman–Crippen MR) is 123 cm³/mol. The molecule has 1 aliphatic rings. The van der Waals surface area contributed by atoms with Crippen LogP contribution in [0.4, 0.5) is 0 Å². The van der Waals surface area contributed by atoms with Crippen molar-refractivity contribution in [1.29, 1.82) is 0 Å². The number of hydrogen-bond acceptors (Lipinski definition) is 4. The molecule has 0 amide bonds. The summed E-state index contributed by atoms with van der Waals surface area (Å²) in [5.41, 5.74) is 3.03. The van der Waals surface area contributed by atoms with Crippen molar-refractivity contribution in [1.82, 2.24) is 9.62 Å². The summed E-state index contributed by atoms with van der Waals surface area (Å²) in [6.45, 7) is 5.72. The second kappa shape index (κ2) is 9.77. The lowest BCUT2D eigenvalue weighted by atomic mass is 9.88. The van der Waals surface area contributed by atoms with Gasteiger partial charge < -0.3 is 10.4 Å². The number of aliphatic hydroxyl groups excluding tert-OH is 1. The van der Waals surface area contributed by atoms with E-state index in [2.05, 4.69) is 69.7 Å². The number of nitrogens with one attached hydrogen (secondary N) is 1. The first-order valence-corrected chi connectivity index (χ1v) is 11.5. The van der Waals surface area contributed by atoms with Crippen molar-refractivity contribution in [3.8, 4) is 0 Å². The van der Waals surface area contributed by atoms with E-state index in [0.717, 1.165) is 15.8 Å². The summed E-state index contributed by atoms with van der Waals surface area (Å²) >= 11 is 5.23. The van der Waals surface area contributed by atoms with Gasteiger partial charge in [0.05, 0.1) is 6.10 Å². The van der Waals surface area contributed by atoms with E-state index < -0.39 is 6.10 Å². The first-order chi connectivity index (χ1) is 13.3. The van der Waals surface area contributed by atoms with Gasteiger partial charge in [0.15, 0.2) is 0 Å². The standard InChI is InChI=1S/C23H31BrN2OS/c1-23(2,14-17-12-18-8-4-5-9-19(18)13-17)25-15-20(27)16-26(3)28-22-11-7-6-10-21(22)24/h4-11,17,20,25,27H,12-16H2,1-3H3. The van der Waals surface area contributed by atoms with E-state index in [9.17, 15) is 5.11 Å². The van der Waals surface area contributed by atoms with Gasteiger partial charge in [-0.15, -0.1) is 0 Å². The molecule has 1 atom stereocenters. The molecule has 0 saturated heterocycles. The second-order valence-corrected chi connectivity index (χ2v) is 10.6. The van der Waals surface area contributed by atoms with Crippen LogP contribution >= 0.6 is 27.9 Å². The third kappa shape index (κ3) is 6.33. The highest BCUT2D eigenvalue weighted by Gasteiger charge is 2.28. The Morgan fingerprint density at radius 3 is 2.39 bits per heavy atom. The van der Waals surface area contributed by atoms with Crippen molar-refractivity contribution in [3.63, 3.8) is 0 Å². The Morgan fingerprint density at radius 1 is 1.14 bits per heavy atom. The fraction of sp³-hybridized carbons (Fsp3) is 0.478. The normalized spacial score (nSPS) is 15.8. The summed E-state index contributed by atoms with van der Waals surface area (Å²) in [6, 6.07) is 17.0. The van der Waals surface area contributed by atoms with Gasteiger partial charge in [-0.1, -0.05) is 36.4 Å². The summed E-state index contributed by atoms with van der Waals surface area (Å²) in [5, 5.41) is 14.1. The smallest absolute Gasteiger partial charge is 0.0800 e. The Morgan fingerprint density at radius 2 is 1.75 bits per heavy atom. The number of likely N-dealkylation sites (N-methyl/N-ethyl adjacent to an activating group) is 1. The molecule has 2 N–H and O–H groups in total. The number of aliphatic hydroxyl groups is 1. The minimum atomic E-state index is -0.403. The van der Waals surface area contributed by atoms with E-state index >= 15 is 0 Å². The number of β-amino-alcohol motifs (C(OH)–C–C–N with tert-alkyl or cyclic N) is 1. The van der Waals surface area contributed by atoms with Crippen molar-refractivity contribution in [2.45, 2.75) is 49.6 Å². The Bertz CT molecular complexity index is 758. The van der Waals surface area contributed by atoms with Gasteiger partial charge in [0.2, 0.25) is 0 Å². The van der Waals surface area contributed by atoms with Gasteiger partial charge in [0.25, 0.3) is 0 Å². The minimum absolute atomic E-state index is 0.0157. The highest BCUT2D eigenvalue weighted by Crippen LogP contribution is 2.32. The van der Waals surface area contributed by atoms with Crippen LogP contribution in [-0.4, -0.2) is 41.2 Å². The molecule has 0 aliphatic heterocycles. The third-order valence-corrected chi connectivity index (χ3v) is 7.28. The molecule has 0 heterocycles. The second-order valence-electron chi connectivity index (χ2n) is 8.50. The average molecular weight is 463 g/mol. The number of halogens is 1. The van der Waals surface area contributed by atoms with Crippen LogP contribution in [0.1, 0.15) is 31.4 Å². The molecule has 0 aromatic heterocycles. The fourth-order valence-corrected chi connectivity index (χ4v) is 5.45. The van der Waals surface area contributed by atoms with Crippen LogP contribution in [-0.2, 0) is 12.8 Å². The SMILES string of the molecule is CN(CC(O)CNC(C)(C)CC1Cc2ccccc2C1)Sc1ccccc1Br. The number of rotatable bonds is 9. The van der Waals surface area contributed by atoms with Crippen LogP contribution < -0.4 is 5.32 Å². The molecule has 0 bridgehead atoms. The topological polar surface area (TPSA) is 35.5 Å². The molecule has 1 aliphatic carbocycles. The van der Waals surface area contributed by atoms with Gasteiger partial charge in [0, 0.05) is 28.0 Å². The molecule has 28 heavy (non-hydrogen) atoms. The Labute approximate surface area is 182 Å². The van der Waals surface area contributed by atoms with E-state index in [4.69, 9.17) is 0 Å². The van der Waals surface area contributed by atoms with Crippen molar-refractivity contribution in [2.75, 3.05) is 20.1 Å². The molecule has 5 heteroatoms. The maximum absolute atomic E-state index is 10.5. The van der Waals surface area contributed by atoms with E-state index in [1.165, 1.54) is 24.0 Å². The highest BCUT2D eigenvalue weighted by molar-refractivity contribution is 9.10. The summed E-state index contributed by atoms with van der Waals surface area (Å²) in [7, 11) is 2.02. The zero-order valence-electron chi connectivity index (χ0n) is 17.0. The summed E-state index contributed by atoms with van der Waals surface area (Å²) in [5.74, 6) is 0.686. The quantitative estimate of drug-likeness (QED) is 0.518. The lowest BCUT2D eigenvalue weighted by molar-refractivity contribution is 0.138. The van der Waals surface area contributed by atoms with Crippen LogP contribution in [0, 0.1) is 5.92 Å². The lowest BCUT2D eigenvalue weighted by Crippen LogP contribution is -2.46. The molecular weight excluding hydrogens is 432 g/mol. The van der Waals surface area contributed by atoms with E-state index in [1.807, 2.05) is 25.2 Å². The van der Waals surface area contributed by atoms with Gasteiger partial charge in [-0.05, 0) is 97.2 Å². The van der Waals surface area contributed by atoms with Gasteiger partial charge in [-0.3, -0.25) is 0 Å². The lowest BCUT2D eigenvalue weighted by Gasteiger charge is -2.31. The minimum Gasteiger partial charge on any atom is -0.390 e. The Kier molecular flexibility index (Phi) is 7.62. The van der Waals surface area contributed by atoms with Crippen molar-refractivity contribution < 1.29 is 5.11 Å². The molecule has 152 valence electrons. The van der Waals surface area contributed by atoms with Gasteiger partial charge in [-0.2, -0.15) is 0 Å². The number of nitrogens with zero attached hydrogens (tertiary/aromatic N) is 1. The Hall–Kier alpha value is -0.850. The average Bonchev–Trinajstić information content (AvgIpc) is 3.03. The monoisotopic (exact) mass is 462 g/mol. The maximum atomic E-state index is 10.5. The van der Waals surface area contributed by atoms with Gasteiger partial charge in [0.1, 0.15) is 0 Å². The van der Waals surface area contributed by atoms with Crippen LogP contribution in [0.25, 0.3) is 0 Å². The zero-order chi connectivity index (χ0) is 20.1. The van der Waals surface area contributed by atoms with E-state index in [0.29, 0.717) is 19.0 Å². The molecule has 2 aromatic carbocycles. The molecule has 3 rings (SSSR count). The molecule has 1 unspecified atom stereocenters. The van der Waals surface area contributed by atoms with E-state index in [-0.39, 0.29) is 5.54 Å². The molecule has 0 spiro atoms. The van der Waals surface area contributed by atoms with Crippen LogP contribution in [0.3, 0.4) is 0 Å². The van der Waals surface area contributed by atoms with Crippen molar-refractivity contribution >= 4 is 27.9 Å². The molecular formula is C23H31BrN2OS. The Balaban J connectivity index is 1.42. The van der Waals surface area contributed by atoms with Crippen molar-refractivity contribution in [3.05, 3.63) is 64.1 Å². The first-order valence-electron chi connectivity index (χ1n) is 9.96. The van der Waals surface area contributed by atoms with Gasteiger partial charge in [-0.25, -0.2) is 4.31 Å². The molecule has 0 saturated carbocycles. The maximum Gasteiger partial charge on any atom is 0.0800 e. The predicted octanol–water partition coefficient (Wildman–Crippen LogP) is 4.92. The highest BCUT2D eigenvalue weighted by atomic mass is 79.9. The zero-order valence-corrected chi connectivity index (χ0v) is 19.4.